The Kier molecular flexibility index (Phi) is 5.10. The molecule has 7 heteroatoms. The first kappa shape index (κ1) is 19.4. The van der Waals surface area contributed by atoms with Gasteiger partial charge in [0, 0.05) is 21.9 Å². The number of esters is 1. The summed E-state index contributed by atoms with van der Waals surface area (Å²) in [5.74, 6) is -0.290. The lowest BCUT2D eigenvalue weighted by Gasteiger charge is -2.12. The number of nitrogens with one attached hydrogen (secondary N) is 2. The molecule has 152 valence electrons. The second-order valence-corrected chi connectivity index (χ2v) is 6.90. The van der Waals surface area contributed by atoms with E-state index in [0.29, 0.717) is 11.4 Å². The molecule has 0 saturated carbocycles. The summed E-state index contributed by atoms with van der Waals surface area (Å²) in [7, 11) is 2.88. The topological polar surface area (TPSA) is 93.3 Å². The van der Waals surface area contributed by atoms with Gasteiger partial charge in [-0.2, -0.15) is 0 Å². The van der Waals surface area contributed by atoms with Crippen LogP contribution in [0.25, 0.3) is 33.1 Å². The maximum absolute atomic E-state index is 12.9. The van der Waals surface area contributed by atoms with Crippen LogP contribution in [0.5, 0.6) is 5.75 Å². The molecule has 0 aliphatic heterocycles. The monoisotopic (exact) mass is 403 g/mol. The van der Waals surface area contributed by atoms with Gasteiger partial charge in [0.2, 0.25) is 0 Å². The fraction of sp³-hybridized carbons (Fsp3) is 0.174. The van der Waals surface area contributed by atoms with E-state index >= 15 is 0 Å². The lowest BCUT2D eigenvalue weighted by atomic mass is 10.1. The molecule has 4 aromatic rings. The largest absolute Gasteiger partial charge is 0.497 e. The average Bonchev–Trinajstić information content (AvgIpc) is 3.16. The van der Waals surface area contributed by atoms with E-state index in [9.17, 15) is 9.59 Å². The van der Waals surface area contributed by atoms with Crippen molar-refractivity contribution in [1.82, 2.24) is 15.3 Å². The number of aromatic amines is 1. The molecule has 0 saturated heterocycles. The minimum atomic E-state index is -0.789. The van der Waals surface area contributed by atoms with Crippen molar-refractivity contribution in [3.63, 3.8) is 0 Å². The van der Waals surface area contributed by atoms with Crippen molar-refractivity contribution < 1.29 is 19.1 Å². The zero-order chi connectivity index (χ0) is 21.3. The van der Waals surface area contributed by atoms with Crippen LogP contribution in [-0.4, -0.2) is 42.1 Å². The highest BCUT2D eigenvalue weighted by atomic mass is 16.5. The Morgan fingerprint density at radius 2 is 1.83 bits per heavy atom. The lowest BCUT2D eigenvalue weighted by Crippen LogP contribution is -2.39. The zero-order valence-electron chi connectivity index (χ0n) is 16.9. The molecule has 7 nitrogen and oxygen atoms in total. The van der Waals surface area contributed by atoms with Crippen molar-refractivity contribution in [3.05, 3.63) is 60.3 Å². The van der Waals surface area contributed by atoms with Crippen LogP contribution >= 0.6 is 0 Å². The van der Waals surface area contributed by atoms with Gasteiger partial charge in [0.25, 0.3) is 5.91 Å². The standard InChI is InChI=1S/C23H21N3O4/c1-13(23(28)30-3)24-22(27)19-12-17-16-9-4-5-10-18(16)25-21(17)20(26-19)14-7-6-8-15(11-14)29-2/h4-13,25H,1-3H3,(H,24,27)/t13-/m1/s1. The van der Waals surface area contributed by atoms with E-state index in [1.54, 1.807) is 20.1 Å². The number of amides is 1. The predicted octanol–water partition coefficient (Wildman–Crippen LogP) is 3.68. The molecule has 2 heterocycles. The van der Waals surface area contributed by atoms with Gasteiger partial charge in [0.15, 0.2) is 0 Å². The zero-order valence-corrected chi connectivity index (χ0v) is 16.9. The Hall–Kier alpha value is -3.87. The van der Waals surface area contributed by atoms with Crippen LogP contribution in [0.2, 0.25) is 0 Å². The summed E-state index contributed by atoms with van der Waals surface area (Å²) in [5.41, 5.74) is 3.40. The molecule has 30 heavy (non-hydrogen) atoms. The first-order chi connectivity index (χ1) is 14.5. The van der Waals surface area contributed by atoms with Crippen LogP contribution in [0.3, 0.4) is 0 Å². The van der Waals surface area contributed by atoms with E-state index in [4.69, 9.17) is 4.74 Å². The second kappa shape index (κ2) is 7.87. The molecule has 4 rings (SSSR count). The Bertz CT molecular complexity index is 1260. The molecule has 1 amide bonds. The van der Waals surface area contributed by atoms with Gasteiger partial charge < -0.3 is 19.8 Å². The Labute approximate surface area is 173 Å². The van der Waals surface area contributed by atoms with E-state index in [-0.39, 0.29) is 5.69 Å². The Balaban J connectivity index is 1.90. The van der Waals surface area contributed by atoms with Gasteiger partial charge in [-0.15, -0.1) is 0 Å². The number of fused-ring (bicyclic) bond motifs is 3. The number of pyridine rings is 1. The van der Waals surface area contributed by atoms with Crippen LogP contribution in [0, 0.1) is 0 Å². The number of hydrogen-bond donors (Lipinski definition) is 2. The number of hydrogen-bond acceptors (Lipinski definition) is 5. The van der Waals surface area contributed by atoms with Crippen molar-refractivity contribution in [2.75, 3.05) is 14.2 Å². The maximum atomic E-state index is 12.9. The molecule has 2 N–H and O–H groups in total. The second-order valence-electron chi connectivity index (χ2n) is 6.90. The third-order valence-electron chi connectivity index (χ3n) is 4.97. The van der Waals surface area contributed by atoms with Gasteiger partial charge in [-0.3, -0.25) is 4.79 Å². The van der Waals surface area contributed by atoms with Gasteiger partial charge in [-0.05, 0) is 31.2 Å². The Morgan fingerprint density at radius 1 is 1.03 bits per heavy atom. The van der Waals surface area contributed by atoms with Gasteiger partial charge in [0.1, 0.15) is 17.5 Å². The molecule has 0 aliphatic carbocycles. The lowest BCUT2D eigenvalue weighted by molar-refractivity contribution is -0.142. The smallest absolute Gasteiger partial charge is 0.328 e. The molecule has 1 atom stereocenters. The summed E-state index contributed by atoms with van der Waals surface area (Å²) in [4.78, 5) is 32.6. The number of carbonyl (C=O) groups excluding carboxylic acids is 2. The fourth-order valence-corrected chi connectivity index (χ4v) is 3.45. The summed E-state index contributed by atoms with van der Waals surface area (Å²) < 4.78 is 10.0. The van der Waals surface area contributed by atoms with Crippen LogP contribution in [-0.2, 0) is 9.53 Å². The first-order valence-corrected chi connectivity index (χ1v) is 9.46. The fourth-order valence-electron chi connectivity index (χ4n) is 3.45. The highest BCUT2D eigenvalue weighted by Crippen LogP contribution is 2.33. The molecule has 0 radical (unpaired) electrons. The minimum Gasteiger partial charge on any atom is -0.497 e. The van der Waals surface area contributed by atoms with Crippen molar-refractivity contribution in [2.24, 2.45) is 0 Å². The van der Waals surface area contributed by atoms with Crippen molar-refractivity contribution in [3.8, 4) is 17.0 Å². The summed E-state index contributed by atoms with van der Waals surface area (Å²) in [6, 6.07) is 16.3. The number of methoxy groups -OCH3 is 2. The van der Waals surface area contributed by atoms with Crippen LogP contribution < -0.4 is 10.1 Å². The summed E-state index contributed by atoms with van der Waals surface area (Å²) in [6.45, 7) is 1.57. The van der Waals surface area contributed by atoms with Crippen LogP contribution in [0.4, 0.5) is 0 Å². The SMILES string of the molecule is COC(=O)[C@@H](C)NC(=O)c1cc2c([nH]c3ccccc32)c(-c2cccc(OC)c2)n1. The maximum Gasteiger partial charge on any atom is 0.328 e. The average molecular weight is 403 g/mol. The third-order valence-corrected chi connectivity index (χ3v) is 4.97. The number of benzene rings is 2. The molecule has 2 aromatic carbocycles. The Morgan fingerprint density at radius 3 is 2.60 bits per heavy atom. The van der Waals surface area contributed by atoms with E-state index in [1.165, 1.54) is 7.11 Å². The number of rotatable bonds is 5. The van der Waals surface area contributed by atoms with E-state index in [2.05, 4.69) is 20.0 Å². The number of carbonyl (C=O) groups is 2. The van der Waals surface area contributed by atoms with Gasteiger partial charge in [-0.1, -0.05) is 30.3 Å². The number of ether oxygens (including phenoxy) is 2. The van der Waals surface area contributed by atoms with Crippen LogP contribution in [0.1, 0.15) is 17.4 Å². The minimum absolute atomic E-state index is 0.209. The molecule has 0 unspecified atom stereocenters. The van der Waals surface area contributed by atoms with Gasteiger partial charge in [0.05, 0.1) is 25.4 Å². The number of nitrogens with zero attached hydrogens (tertiary/aromatic N) is 1. The quantitative estimate of drug-likeness (QED) is 0.496. The highest BCUT2D eigenvalue weighted by Gasteiger charge is 2.21. The summed E-state index contributed by atoms with van der Waals surface area (Å²) >= 11 is 0. The van der Waals surface area contributed by atoms with E-state index in [1.807, 2.05) is 48.5 Å². The summed E-state index contributed by atoms with van der Waals surface area (Å²) in [6.07, 6.45) is 0. The third kappa shape index (κ3) is 3.45. The number of para-hydroxylation sites is 1. The molecule has 0 aliphatic rings. The molecule has 0 spiro atoms. The molecule has 0 fully saturated rings. The van der Waals surface area contributed by atoms with E-state index < -0.39 is 17.9 Å². The first-order valence-electron chi connectivity index (χ1n) is 9.46. The van der Waals surface area contributed by atoms with Crippen molar-refractivity contribution >= 4 is 33.7 Å². The van der Waals surface area contributed by atoms with Crippen LogP contribution in [0.15, 0.2) is 54.6 Å². The normalized spacial score (nSPS) is 12.0. The predicted molar refractivity (Wildman–Crippen MR) is 115 cm³/mol. The summed E-state index contributed by atoms with van der Waals surface area (Å²) in [5, 5.41) is 4.49. The molecule has 2 aromatic heterocycles. The molecular weight excluding hydrogens is 382 g/mol. The molecular formula is C23H21N3O4. The van der Waals surface area contributed by atoms with Gasteiger partial charge in [-0.25, -0.2) is 9.78 Å². The molecule has 0 bridgehead atoms. The number of H-pyrrole nitrogens is 1. The van der Waals surface area contributed by atoms with E-state index in [0.717, 1.165) is 27.4 Å². The highest BCUT2D eigenvalue weighted by molar-refractivity contribution is 6.13. The van der Waals surface area contributed by atoms with Gasteiger partial charge >= 0.3 is 5.97 Å². The van der Waals surface area contributed by atoms with Crippen molar-refractivity contribution in [1.29, 1.82) is 0 Å². The number of aromatic nitrogens is 2. The van der Waals surface area contributed by atoms with Crippen molar-refractivity contribution in [2.45, 2.75) is 13.0 Å².